The van der Waals surface area contributed by atoms with E-state index in [2.05, 4.69) is 0 Å². The SMILES string of the molecule is CN(CCC1O[C@H](CO)[C@@H](O)[C@H](O)[C@H]1O)CC(O)CN1c2ccccc2Sc2ccc(C(F)(F)F)cc21. The molecule has 0 radical (unpaired) electrons. The van der Waals surface area contributed by atoms with Crippen molar-refractivity contribution >= 4 is 23.1 Å². The second-order valence-corrected chi connectivity index (χ2v) is 10.5. The van der Waals surface area contributed by atoms with Crippen LogP contribution in [0.1, 0.15) is 12.0 Å². The van der Waals surface area contributed by atoms with E-state index < -0.39 is 55.0 Å². The zero-order chi connectivity index (χ0) is 26.9. The van der Waals surface area contributed by atoms with Crippen LogP contribution < -0.4 is 4.90 Å². The summed E-state index contributed by atoms with van der Waals surface area (Å²) in [5.41, 5.74) is 0.325. The van der Waals surface area contributed by atoms with Gasteiger partial charge in [0.15, 0.2) is 0 Å². The van der Waals surface area contributed by atoms with Gasteiger partial charge in [0.05, 0.1) is 42.3 Å². The van der Waals surface area contributed by atoms with Crippen molar-refractivity contribution in [1.29, 1.82) is 0 Å². The number of rotatable bonds is 8. The minimum atomic E-state index is -4.49. The molecule has 2 aliphatic heterocycles. The van der Waals surface area contributed by atoms with E-state index in [0.717, 1.165) is 17.0 Å². The Bertz CT molecular complexity index is 1070. The molecule has 204 valence electrons. The molecule has 1 saturated heterocycles. The van der Waals surface area contributed by atoms with E-state index in [1.807, 2.05) is 12.1 Å². The first kappa shape index (κ1) is 28.1. The summed E-state index contributed by atoms with van der Waals surface area (Å²) in [6, 6.07) is 10.9. The minimum absolute atomic E-state index is 0.0519. The molecule has 0 spiro atoms. The van der Waals surface area contributed by atoms with Gasteiger partial charge in [0.1, 0.15) is 24.4 Å². The molecule has 0 amide bonds. The zero-order valence-electron chi connectivity index (χ0n) is 20.1. The van der Waals surface area contributed by atoms with E-state index in [1.54, 1.807) is 29.0 Å². The highest BCUT2D eigenvalue weighted by molar-refractivity contribution is 7.99. The molecule has 12 heteroatoms. The largest absolute Gasteiger partial charge is 0.416 e. The number of likely N-dealkylation sites (N-methyl/N-ethyl adjacent to an activating group) is 1. The lowest BCUT2D eigenvalue weighted by atomic mass is 9.93. The number of aliphatic hydroxyl groups excluding tert-OH is 5. The van der Waals surface area contributed by atoms with Gasteiger partial charge in [-0.2, -0.15) is 13.2 Å². The molecule has 0 saturated carbocycles. The van der Waals surface area contributed by atoms with E-state index in [1.165, 1.54) is 17.8 Å². The van der Waals surface area contributed by atoms with Crippen LogP contribution in [0, 0.1) is 0 Å². The maximum Gasteiger partial charge on any atom is 0.416 e. The van der Waals surface area contributed by atoms with Gasteiger partial charge in [0.25, 0.3) is 0 Å². The fourth-order valence-corrected chi connectivity index (χ4v) is 5.76. The van der Waals surface area contributed by atoms with Gasteiger partial charge in [-0.1, -0.05) is 23.9 Å². The molecule has 8 nitrogen and oxygen atoms in total. The highest BCUT2D eigenvalue weighted by Gasteiger charge is 2.43. The molecule has 6 atom stereocenters. The smallest absolute Gasteiger partial charge is 0.394 e. The summed E-state index contributed by atoms with van der Waals surface area (Å²) in [4.78, 5) is 5.02. The number of hydrogen-bond acceptors (Lipinski definition) is 9. The maximum atomic E-state index is 13.4. The van der Waals surface area contributed by atoms with Crippen LogP contribution in [-0.2, 0) is 10.9 Å². The molecule has 37 heavy (non-hydrogen) atoms. The lowest BCUT2D eigenvalue weighted by molar-refractivity contribution is -0.230. The number of para-hydroxylation sites is 1. The molecular formula is C25H31F3N2O6S. The van der Waals surface area contributed by atoms with Crippen LogP contribution in [0.25, 0.3) is 0 Å². The Kier molecular flexibility index (Phi) is 8.71. The Morgan fingerprint density at radius 2 is 1.68 bits per heavy atom. The number of ether oxygens (including phenoxy) is 1. The molecule has 2 unspecified atom stereocenters. The zero-order valence-corrected chi connectivity index (χ0v) is 20.9. The molecule has 0 aromatic heterocycles. The Morgan fingerprint density at radius 3 is 2.38 bits per heavy atom. The van der Waals surface area contributed by atoms with Crippen LogP contribution in [0.3, 0.4) is 0 Å². The predicted octanol–water partition coefficient (Wildman–Crippen LogP) is 1.83. The van der Waals surface area contributed by atoms with Gasteiger partial charge >= 0.3 is 6.18 Å². The average molecular weight is 545 g/mol. The summed E-state index contributed by atoms with van der Waals surface area (Å²) < 4.78 is 45.8. The van der Waals surface area contributed by atoms with Crippen LogP contribution in [-0.4, -0.2) is 100 Å². The molecule has 2 heterocycles. The fraction of sp³-hybridized carbons (Fsp3) is 0.520. The molecule has 1 fully saturated rings. The average Bonchev–Trinajstić information content (AvgIpc) is 2.86. The second kappa shape index (κ2) is 11.5. The predicted molar refractivity (Wildman–Crippen MR) is 131 cm³/mol. The molecule has 2 aliphatic rings. The van der Waals surface area contributed by atoms with Crippen molar-refractivity contribution in [3.8, 4) is 0 Å². The van der Waals surface area contributed by atoms with Gasteiger partial charge < -0.3 is 40.1 Å². The lowest BCUT2D eigenvalue weighted by Crippen LogP contribution is -2.58. The number of fused-ring (bicyclic) bond motifs is 2. The number of β-amino-alcohol motifs (C(OH)–C–C–N with tert-alkyl or cyclic N) is 1. The van der Waals surface area contributed by atoms with E-state index in [0.29, 0.717) is 22.8 Å². The molecule has 2 aromatic rings. The Balaban J connectivity index is 1.43. The monoisotopic (exact) mass is 544 g/mol. The molecule has 5 N–H and O–H groups in total. The van der Waals surface area contributed by atoms with Crippen molar-refractivity contribution in [2.24, 2.45) is 0 Å². The van der Waals surface area contributed by atoms with Crippen LogP contribution in [0.4, 0.5) is 24.5 Å². The van der Waals surface area contributed by atoms with Crippen LogP contribution >= 0.6 is 11.8 Å². The van der Waals surface area contributed by atoms with Crippen molar-refractivity contribution < 1.29 is 43.4 Å². The molecule has 0 aliphatic carbocycles. The number of nitrogens with zero attached hydrogens (tertiary/aromatic N) is 2. The summed E-state index contributed by atoms with van der Waals surface area (Å²) in [6.45, 7) is 0.0674. The number of anilines is 2. The van der Waals surface area contributed by atoms with Gasteiger partial charge in [0.2, 0.25) is 0 Å². The first-order valence-electron chi connectivity index (χ1n) is 11.9. The van der Waals surface area contributed by atoms with Crippen molar-refractivity contribution in [2.75, 3.05) is 38.2 Å². The number of aliphatic hydroxyl groups is 5. The maximum absolute atomic E-state index is 13.4. The topological polar surface area (TPSA) is 117 Å². The highest BCUT2D eigenvalue weighted by Crippen LogP contribution is 2.49. The third-order valence-corrected chi connectivity index (χ3v) is 7.79. The molecular weight excluding hydrogens is 513 g/mol. The van der Waals surface area contributed by atoms with Crippen molar-refractivity contribution in [3.63, 3.8) is 0 Å². The third-order valence-electron chi connectivity index (χ3n) is 6.66. The first-order chi connectivity index (χ1) is 17.5. The quantitative estimate of drug-likeness (QED) is 0.339. The highest BCUT2D eigenvalue weighted by atomic mass is 32.2. The van der Waals surface area contributed by atoms with Gasteiger partial charge in [-0.05, 0) is 43.8 Å². The summed E-state index contributed by atoms with van der Waals surface area (Å²) >= 11 is 1.38. The van der Waals surface area contributed by atoms with Crippen LogP contribution in [0.2, 0.25) is 0 Å². The third kappa shape index (κ3) is 6.23. The van der Waals surface area contributed by atoms with Crippen molar-refractivity contribution in [3.05, 3.63) is 48.0 Å². The van der Waals surface area contributed by atoms with Gasteiger partial charge in [-0.15, -0.1) is 0 Å². The standard InChI is InChI=1S/C25H31F3N2O6S/c1-29(9-8-18-22(33)24(35)23(34)19(13-31)36-18)11-15(32)12-30-16-4-2-3-5-20(16)37-21-7-6-14(10-17(21)30)25(26,27)28/h2-7,10,15,18-19,22-24,31-35H,8-9,11-13H2,1H3/t15?,18?,19-,22+,23-,24-/m1/s1. The fourth-order valence-electron chi connectivity index (χ4n) is 4.69. The van der Waals surface area contributed by atoms with E-state index >= 15 is 0 Å². The molecule has 0 bridgehead atoms. The summed E-state index contributed by atoms with van der Waals surface area (Å²) in [5.74, 6) is 0. The van der Waals surface area contributed by atoms with Crippen LogP contribution in [0.15, 0.2) is 52.3 Å². The first-order valence-corrected chi connectivity index (χ1v) is 12.7. The number of hydrogen-bond donors (Lipinski definition) is 5. The van der Waals surface area contributed by atoms with Gasteiger partial charge in [-0.25, -0.2) is 0 Å². The molecule has 2 aromatic carbocycles. The molecule has 4 rings (SSSR count). The summed E-state index contributed by atoms with van der Waals surface area (Å²) in [5, 5.41) is 50.4. The Labute approximate surface area is 216 Å². The minimum Gasteiger partial charge on any atom is -0.394 e. The van der Waals surface area contributed by atoms with E-state index in [9.17, 15) is 38.7 Å². The van der Waals surface area contributed by atoms with E-state index in [4.69, 9.17) is 4.74 Å². The normalized spacial score (nSPS) is 26.6. The summed E-state index contributed by atoms with van der Waals surface area (Å²) in [6.07, 6.45) is -11.2. The summed E-state index contributed by atoms with van der Waals surface area (Å²) in [7, 11) is 1.74. The van der Waals surface area contributed by atoms with Crippen LogP contribution in [0.5, 0.6) is 0 Å². The Morgan fingerprint density at radius 1 is 1.00 bits per heavy atom. The van der Waals surface area contributed by atoms with Gasteiger partial charge in [0, 0.05) is 22.9 Å². The number of halogens is 3. The Hall–Kier alpha value is -1.90. The van der Waals surface area contributed by atoms with E-state index in [-0.39, 0.29) is 19.5 Å². The van der Waals surface area contributed by atoms with Gasteiger partial charge in [-0.3, -0.25) is 0 Å². The lowest BCUT2D eigenvalue weighted by Gasteiger charge is -2.40. The number of alkyl halides is 3. The van der Waals surface area contributed by atoms with Crippen molar-refractivity contribution in [1.82, 2.24) is 4.90 Å². The van der Waals surface area contributed by atoms with Crippen molar-refractivity contribution in [2.45, 2.75) is 59.0 Å². The number of benzene rings is 2. The second-order valence-electron chi connectivity index (χ2n) is 9.43.